The van der Waals surface area contributed by atoms with Crippen LogP contribution in [0.5, 0.6) is 0 Å². The van der Waals surface area contributed by atoms with Crippen LogP contribution in [0.2, 0.25) is 5.02 Å². The van der Waals surface area contributed by atoms with Gasteiger partial charge in [0.2, 0.25) is 5.78 Å². The molecule has 2 N–H and O–H groups in total. The van der Waals surface area contributed by atoms with Crippen molar-refractivity contribution in [2.75, 3.05) is 5.73 Å². The van der Waals surface area contributed by atoms with E-state index in [2.05, 4.69) is 5.10 Å². The van der Waals surface area contributed by atoms with Gasteiger partial charge in [0, 0.05) is 12.1 Å². The summed E-state index contributed by atoms with van der Waals surface area (Å²) in [7, 11) is 1.60. The SMILES string of the molecule is Cn1ncc(C(=O)c2ccc(Cl)cc2F)c1N. The molecular weight excluding hydrogens is 245 g/mol. The number of hydrogen-bond acceptors (Lipinski definition) is 3. The Kier molecular flexibility index (Phi) is 2.85. The van der Waals surface area contributed by atoms with Crippen molar-refractivity contribution in [2.24, 2.45) is 7.05 Å². The van der Waals surface area contributed by atoms with Crippen LogP contribution in [0.3, 0.4) is 0 Å². The number of rotatable bonds is 2. The first-order valence-corrected chi connectivity index (χ1v) is 5.15. The molecule has 0 saturated heterocycles. The summed E-state index contributed by atoms with van der Waals surface area (Å²) in [6, 6.07) is 3.86. The fraction of sp³-hybridized carbons (Fsp3) is 0.0909. The number of carbonyl (C=O) groups is 1. The van der Waals surface area contributed by atoms with Crippen LogP contribution in [0.25, 0.3) is 0 Å². The molecule has 88 valence electrons. The largest absolute Gasteiger partial charge is 0.383 e. The lowest BCUT2D eigenvalue weighted by atomic mass is 10.1. The van der Waals surface area contributed by atoms with E-state index in [0.29, 0.717) is 0 Å². The highest BCUT2D eigenvalue weighted by Gasteiger charge is 2.19. The number of aromatic nitrogens is 2. The number of halogens is 2. The predicted molar refractivity (Wildman–Crippen MR) is 62.5 cm³/mol. The summed E-state index contributed by atoms with van der Waals surface area (Å²) in [4.78, 5) is 12.0. The van der Waals surface area contributed by atoms with Crippen LogP contribution in [0, 0.1) is 5.82 Å². The van der Waals surface area contributed by atoms with Crippen molar-refractivity contribution in [3.05, 3.63) is 46.4 Å². The van der Waals surface area contributed by atoms with Gasteiger partial charge in [0.1, 0.15) is 11.6 Å². The van der Waals surface area contributed by atoms with Crippen LogP contribution in [0.4, 0.5) is 10.2 Å². The lowest BCUT2D eigenvalue weighted by Gasteiger charge is -2.02. The number of hydrogen-bond donors (Lipinski definition) is 1. The van der Waals surface area contributed by atoms with E-state index in [0.717, 1.165) is 6.07 Å². The number of nitrogens with two attached hydrogens (primary N) is 1. The molecule has 0 spiro atoms. The second-order valence-electron chi connectivity index (χ2n) is 3.52. The topological polar surface area (TPSA) is 60.9 Å². The molecule has 0 aliphatic rings. The van der Waals surface area contributed by atoms with Crippen molar-refractivity contribution < 1.29 is 9.18 Å². The van der Waals surface area contributed by atoms with Crippen molar-refractivity contribution in [1.82, 2.24) is 9.78 Å². The summed E-state index contributed by atoms with van der Waals surface area (Å²) in [6.07, 6.45) is 1.31. The minimum Gasteiger partial charge on any atom is -0.383 e. The van der Waals surface area contributed by atoms with Gasteiger partial charge in [0.25, 0.3) is 0 Å². The molecule has 0 aliphatic carbocycles. The first kappa shape index (κ1) is 11.6. The Hall–Kier alpha value is -1.88. The van der Waals surface area contributed by atoms with Gasteiger partial charge in [0.05, 0.1) is 17.3 Å². The van der Waals surface area contributed by atoms with Gasteiger partial charge in [-0.3, -0.25) is 9.48 Å². The van der Waals surface area contributed by atoms with E-state index in [1.54, 1.807) is 7.05 Å². The summed E-state index contributed by atoms with van der Waals surface area (Å²) < 4.78 is 14.9. The average molecular weight is 254 g/mol. The molecule has 0 radical (unpaired) electrons. The molecule has 17 heavy (non-hydrogen) atoms. The molecule has 2 aromatic rings. The Morgan fingerprint density at radius 3 is 2.71 bits per heavy atom. The number of carbonyl (C=O) groups excluding carboxylic acids is 1. The molecular formula is C11H9ClFN3O. The first-order valence-electron chi connectivity index (χ1n) is 4.78. The van der Waals surface area contributed by atoms with Crippen molar-refractivity contribution in [2.45, 2.75) is 0 Å². The number of nitrogens with zero attached hydrogens (tertiary/aromatic N) is 2. The van der Waals surface area contributed by atoms with E-state index in [1.807, 2.05) is 0 Å². The maximum absolute atomic E-state index is 13.6. The van der Waals surface area contributed by atoms with Gasteiger partial charge in [-0.05, 0) is 18.2 Å². The van der Waals surface area contributed by atoms with E-state index < -0.39 is 11.6 Å². The summed E-state index contributed by atoms with van der Waals surface area (Å²) in [5.74, 6) is -0.986. The highest BCUT2D eigenvalue weighted by Crippen LogP contribution is 2.20. The van der Waals surface area contributed by atoms with E-state index >= 15 is 0 Å². The standard InChI is InChI=1S/C11H9ClFN3O/c1-16-11(14)8(5-15-16)10(17)7-3-2-6(12)4-9(7)13/h2-5H,14H2,1H3. The molecule has 0 amide bonds. The molecule has 0 bridgehead atoms. The normalized spacial score (nSPS) is 10.5. The highest BCUT2D eigenvalue weighted by molar-refractivity contribution is 6.30. The molecule has 0 fully saturated rings. The third kappa shape index (κ3) is 2.01. The first-order chi connectivity index (χ1) is 8.00. The van der Waals surface area contributed by atoms with E-state index in [9.17, 15) is 9.18 Å². The smallest absolute Gasteiger partial charge is 0.201 e. The zero-order valence-electron chi connectivity index (χ0n) is 8.95. The Bertz CT molecular complexity index is 594. The van der Waals surface area contributed by atoms with Gasteiger partial charge in [0.15, 0.2) is 0 Å². The summed E-state index contributed by atoms with van der Waals surface area (Å²) in [5, 5.41) is 4.07. The van der Waals surface area contributed by atoms with Crippen molar-refractivity contribution in [1.29, 1.82) is 0 Å². The summed E-state index contributed by atoms with van der Waals surface area (Å²) in [6.45, 7) is 0. The fourth-order valence-corrected chi connectivity index (χ4v) is 1.60. The third-order valence-electron chi connectivity index (χ3n) is 2.41. The van der Waals surface area contributed by atoms with Crippen LogP contribution in [0.15, 0.2) is 24.4 Å². The van der Waals surface area contributed by atoms with Crippen LogP contribution in [0.1, 0.15) is 15.9 Å². The number of anilines is 1. The highest BCUT2D eigenvalue weighted by atomic mass is 35.5. The molecule has 6 heteroatoms. The molecule has 0 saturated carbocycles. The summed E-state index contributed by atoms with van der Waals surface area (Å²) >= 11 is 5.61. The van der Waals surface area contributed by atoms with E-state index in [1.165, 1.54) is 23.0 Å². The van der Waals surface area contributed by atoms with E-state index in [4.69, 9.17) is 17.3 Å². The Labute approximate surface area is 102 Å². The molecule has 0 atom stereocenters. The summed E-state index contributed by atoms with van der Waals surface area (Å²) in [5.41, 5.74) is 5.75. The van der Waals surface area contributed by atoms with Crippen LogP contribution in [-0.4, -0.2) is 15.6 Å². The third-order valence-corrected chi connectivity index (χ3v) is 2.64. The molecule has 2 rings (SSSR count). The number of ketones is 1. The van der Waals surface area contributed by atoms with Crippen LogP contribution >= 0.6 is 11.6 Å². The van der Waals surface area contributed by atoms with Crippen molar-refractivity contribution in [3.63, 3.8) is 0 Å². The lowest BCUT2D eigenvalue weighted by molar-refractivity contribution is 0.103. The minimum atomic E-state index is -0.675. The van der Waals surface area contributed by atoms with Crippen molar-refractivity contribution >= 4 is 23.2 Å². The van der Waals surface area contributed by atoms with Gasteiger partial charge >= 0.3 is 0 Å². The van der Waals surface area contributed by atoms with E-state index in [-0.39, 0.29) is 22.0 Å². The van der Waals surface area contributed by atoms with Crippen molar-refractivity contribution in [3.8, 4) is 0 Å². The van der Waals surface area contributed by atoms with Gasteiger partial charge in [-0.15, -0.1) is 0 Å². The average Bonchev–Trinajstić information content (AvgIpc) is 2.59. The van der Waals surface area contributed by atoms with Crippen LogP contribution < -0.4 is 5.73 Å². The molecule has 1 aromatic carbocycles. The van der Waals surface area contributed by atoms with Gasteiger partial charge < -0.3 is 5.73 Å². The maximum atomic E-state index is 13.6. The molecule has 0 unspecified atom stereocenters. The fourth-order valence-electron chi connectivity index (χ4n) is 1.44. The number of aryl methyl sites for hydroxylation is 1. The quantitative estimate of drug-likeness (QED) is 0.833. The molecule has 1 aromatic heterocycles. The van der Waals surface area contributed by atoms with Gasteiger partial charge in [-0.2, -0.15) is 5.10 Å². The Balaban J connectivity index is 2.47. The zero-order valence-corrected chi connectivity index (χ0v) is 9.70. The Morgan fingerprint density at radius 1 is 1.47 bits per heavy atom. The number of benzene rings is 1. The molecule has 0 aliphatic heterocycles. The molecule has 4 nitrogen and oxygen atoms in total. The second-order valence-corrected chi connectivity index (χ2v) is 3.96. The lowest BCUT2D eigenvalue weighted by Crippen LogP contribution is -2.07. The van der Waals surface area contributed by atoms with Gasteiger partial charge in [-0.1, -0.05) is 11.6 Å². The minimum absolute atomic E-state index is 0.0749. The zero-order chi connectivity index (χ0) is 12.6. The predicted octanol–water partition coefficient (Wildman–Crippen LogP) is 2.03. The monoisotopic (exact) mass is 253 g/mol. The second kappa shape index (κ2) is 4.18. The van der Waals surface area contributed by atoms with Gasteiger partial charge in [-0.25, -0.2) is 4.39 Å². The maximum Gasteiger partial charge on any atom is 0.201 e. The number of nitrogen functional groups attached to an aromatic ring is 1. The van der Waals surface area contributed by atoms with Crippen LogP contribution in [-0.2, 0) is 7.05 Å². The Morgan fingerprint density at radius 2 is 2.18 bits per heavy atom. The molecule has 1 heterocycles.